The summed E-state index contributed by atoms with van der Waals surface area (Å²) in [5.74, 6) is -0.136. The molecule has 32 heavy (non-hydrogen) atoms. The number of hydrogen-bond acceptors (Lipinski definition) is 8. The predicted molar refractivity (Wildman–Crippen MR) is 114 cm³/mol. The lowest BCUT2D eigenvalue weighted by Crippen LogP contribution is -2.39. The number of aromatic nitrogens is 2. The third-order valence-corrected chi connectivity index (χ3v) is 6.41. The Morgan fingerprint density at radius 2 is 1.91 bits per heavy atom. The Kier molecular flexibility index (Phi) is 4.32. The molecule has 0 radical (unpaired) electrons. The molecule has 2 amide bonds. The molecule has 2 aliphatic heterocycles. The molecule has 0 spiro atoms. The van der Waals surface area contributed by atoms with Crippen LogP contribution in [-0.4, -0.2) is 39.0 Å². The van der Waals surface area contributed by atoms with Crippen LogP contribution in [0.2, 0.25) is 5.02 Å². The molecule has 2 aromatic carbocycles. The highest BCUT2D eigenvalue weighted by Gasteiger charge is 2.55. The minimum atomic E-state index is -0.873. The van der Waals surface area contributed by atoms with E-state index in [2.05, 4.69) is 20.5 Å². The van der Waals surface area contributed by atoms with Crippen LogP contribution in [0.1, 0.15) is 23.4 Å². The molecule has 1 aliphatic carbocycles. The van der Waals surface area contributed by atoms with Crippen molar-refractivity contribution in [2.24, 2.45) is 10.3 Å². The smallest absolute Gasteiger partial charge is 0.263 e. The van der Waals surface area contributed by atoms with E-state index in [0.717, 1.165) is 19.3 Å². The highest BCUT2D eigenvalue weighted by molar-refractivity contribution is 6.33. The van der Waals surface area contributed by atoms with E-state index in [1.807, 2.05) is 30.3 Å². The molecule has 3 heterocycles. The van der Waals surface area contributed by atoms with Crippen LogP contribution in [0.15, 0.2) is 57.3 Å². The summed E-state index contributed by atoms with van der Waals surface area (Å²) in [5, 5.41) is 14.0. The van der Waals surface area contributed by atoms with Crippen molar-refractivity contribution < 1.29 is 14.1 Å². The van der Waals surface area contributed by atoms with Crippen molar-refractivity contribution in [3.8, 4) is 11.4 Å². The molecular formula is C22H17ClN6O3. The summed E-state index contributed by atoms with van der Waals surface area (Å²) >= 11 is 6.20. The van der Waals surface area contributed by atoms with Crippen LogP contribution in [0.4, 0.5) is 5.69 Å². The zero-order valence-corrected chi connectivity index (χ0v) is 17.6. The minimum absolute atomic E-state index is 0.0547. The van der Waals surface area contributed by atoms with Crippen LogP contribution >= 0.6 is 11.6 Å². The van der Waals surface area contributed by atoms with Gasteiger partial charge in [0.05, 0.1) is 10.7 Å². The lowest BCUT2D eigenvalue weighted by molar-refractivity contribution is -0.123. The zero-order valence-electron chi connectivity index (χ0n) is 16.8. The largest absolute Gasteiger partial charge is 0.337 e. The van der Waals surface area contributed by atoms with E-state index in [9.17, 15) is 9.59 Å². The molecule has 9 nitrogen and oxygen atoms in total. The van der Waals surface area contributed by atoms with Crippen molar-refractivity contribution in [1.82, 2.24) is 15.1 Å². The zero-order chi connectivity index (χ0) is 21.8. The summed E-state index contributed by atoms with van der Waals surface area (Å²) < 4.78 is 5.34. The Morgan fingerprint density at radius 1 is 1.06 bits per heavy atom. The van der Waals surface area contributed by atoms with Gasteiger partial charge in [0.2, 0.25) is 11.7 Å². The van der Waals surface area contributed by atoms with E-state index in [0.29, 0.717) is 22.1 Å². The number of hydrogen-bond donors (Lipinski definition) is 0. The molecular weight excluding hydrogens is 432 g/mol. The average molecular weight is 449 g/mol. The Labute approximate surface area is 187 Å². The number of fused-ring (bicyclic) bond motifs is 2. The maximum atomic E-state index is 13.2. The van der Waals surface area contributed by atoms with Gasteiger partial charge in [-0.15, -0.1) is 0 Å². The molecule has 1 aromatic heterocycles. The Bertz CT molecular complexity index is 1290. The molecule has 10 heteroatoms. The van der Waals surface area contributed by atoms with E-state index in [1.165, 1.54) is 21.0 Å². The van der Waals surface area contributed by atoms with E-state index < -0.39 is 12.1 Å². The third kappa shape index (κ3) is 2.92. The minimum Gasteiger partial charge on any atom is -0.337 e. The molecule has 1 saturated heterocycles. The summed E-state index contributed by atoms with van der Waals surface area (Å²) in [6.45, 7) is 0.0547. The topological polar surface area (TPSA) is 104 Å². The van der Waals surface area contributed by atoms with Gasteiger partial charge in [0.15, 0.2) is 12.1 Å². The second-order valence-electron chi connectivity index (χ2n) is 8.00. The van der Waals surface area contributed by atoms with E-state index >= 15 is 0 Å². The first-order valence-electron chi connectivity index (χ1n) is 10.3. The molecule has 160 valence electrons. The molecule has 0 saturated carbocycles. The van der Waals surface area contributed by atoms with Crippen molar-refractivity contribution in [3.05, 3.63) is 64.5 Å². The standard InChI is InChI=1S/C22H17ClN6O3/c23-16-7-2-1-6-15(16)20-24-17(32-26-20)11-28-19-18(25-27-28)21(30)29(22(19)31)14-9-8-12-4-3-5-13(12)10-14/h1-2,6-10,18-19H,3-5,11H2/t18-,19-/m0/s1. The van der Waals surface area contributed by atoms with Crippen LogP contribution in [0, 0.1) is 0 Å². The van der Waals surface area contributed by atoms with Crippen molar-refractivity contribution >= 4 is 29.1 Å². The Balaban J connectivity index is 1.24. The molecule has 3 aromatic rings. The van der Waals surface area contributed by atoms with Gasteiger partial charge in [0, 0.05) is 5.56 Å². The number of amides is 2. The summed E-state index contributed by atoms with van der Waals surface area (Å²) in [6, 6.07) is 11.2. The van der Waals surface area contributed by atoms with E-state index in [4.69, 9.17) is 16.1 Å². The molecule has 0 bridgehead atoms. The summed E-state index contributed by atoms with van der Waals surface area (Å²) in [6.07, 6.45) is 3.09. The van der Waals surface area contributed by atoms with Gasteiger partial charge < -0.3 is 4.52 Å². The van der Waals surface area contributed by atoms with Gasteiger partial charge in [-0.2, -0.15) is 10.1 Å². The summed E-state index contributed by atoms with van der Waals surface area (Å²) in [4.78, 5) is 31.8. The molecule has 6 rings (SSSR count). The van der Waals surface area contributed by atoms with Crippen molar-refractivity contribution in [1.29, 1.82) is 0 Å². The summed E-state index contributed by atoms with van der Waals surface area (Å²) in [5.41, 5.74) is 3.70. The van der Waals surface area contributed by atoms with Gasteiger partial charge in [-0.25, -0.2) is 4.90 Å². The Hall–Kier alpha value is -3.59. The first-order chi connectivity index (χ1) is 15.6. The Morgan fingerprint density at radius 3 is 2.78 bits per heavy atom. The quantitative estimate of drug-likeness (QED) is 0.567. The van der Waals surface area contributed by atoms with Gasteiger partial charge in [0.1, 0.15) is 6.54 Å². The fourth-order valence-electron chi connectivity index (χ4n) is 4.52. The number of rotatable bonds is 4. The average Bonchev–Trinajstić information content (AvgIpc) is 3.56. The van der Waals surface area contributed by atoms with Gasteiger partial charge >= 0.3 is 0 Å². The number of carbonyl (C=O) groups is 2. The highest BCUT2D eigenvalue weighted by Crippen LogP contribution is 2.35. The maximum absolute atomic E-state index is 13.2. The molecule has 3 aliphatic rings. The van der Waals surface area contributed by atoms with Crippen molar-refractivity contribution in [2.75, 3.05) is 4.90 Å². The van der Waals surface area contributed by atoms with E-state index in [1.54, 1.807) is 12.1 Å². The molecule has 0 unspecified atom stereocenters. The number of imide groups is 1. The van der Waals surface area contributed by atoms with E-state index in [-0.39, 0.29) is 24.2 Å². The van der Waals surface area contributed by atoms with Gasteiger partial charge in [0.25, 0.3) is 11.8 Å². The van der Waals surface area contributed by atoms with Crippen LogP contribution < -0.4 is 4.90 Å². The van der Waals surface area contributed by atoms with Crippen LogP contribution in [0.3, 0.4) is 0 Å². The first-order valence-corrected chi connectivity index (χ1v) is 10.7. The second kappa shape index (κ2) is 7.23. The molecule has 1 fully saturated rings. The number of anilines is 1. The number of halogens is 1. The second-order valence-corrected chi connectivity index (χ2v) is 8.41. The molecule has 2 atom stereocenters. The molecule has 0 N–H and O–H groups in total. The van der Waals surface area contributed by atoms with Crippen molar-refractivity contribution in [2.45, 2.75) is 37.9 Å². The van der Waals surface area contributed by atoms with Crippen LogP contribution in [0.5, 0.6) is 0 Å². The van der Waals surface area contributed by atoms with Gasteiger partial charge in [-0.3, -0.25) is 14.6 Å². The number of benzene rings is 2. The summed E-state index contributed by atoms with van der Waals surface area (Å²) in [7, 11) is 0. The normalized spacial score (nSPS) is 21.5. The third-order valence-electron chi connectivity index (χ3n) is 6.08. The van der Waals surface area contributed by atoms with Gasteiger partial charge in [-0.1, -0.05) is 40.2 Å². The number of aryl methyl sites for hydroxylation is 2. The monoisotopic (exact) mass is 448 g/mol. The lowest BCUT2D eigenvalue weighted by Gasteiger charge is -2.19. The maximum Gasteiger partial charge on any atom is 0.263 e. The van der Waals surface area contributed by atoms with Gasteiger partial charge in [-0.05, 0) is 54.7 Å². The number of nitrogens with zero attached hydrogens (tertiary/aromatic N) is 6. The highest BCUT2D eigenvalue weighted by atomic mass is 35.5. The van der Waals surface area contributed by atoms with Crippen LogP contribution in [0.25, 0.3) is 11.4 Å². The predicted octanol–water partition coefficient (Wildman–Crippen LogP) is 3.37. The SMILES string of the molecule is O=C1[C@H]2N=NN(Cc3nc(-c4ccccc4Cl)no3)[C@@H]2C(=O)N1c1ccc2c(c1)CCC2. The van der Waals surface area contributed by atoms with Crippen LogP contribution in [-0.2, 0) is 29.0 Å². The fraction of sp³-hybridized carbons (Fsp3) is 0.273. The lowest BCUT2D eigenvalue weighted by atomic mass is 10.1. The fourth-order valence-corrected chi connectivity index (χ4v) is 4.74. The number of carbonyl (C=O) groups excluding carboxylic acids is 2. The first kappa shape index (κ1) is 19.1. The van der Waals surface area contributed by atoms with Crippen molar-refractivity contribution in [3.63, 3.8) is 0 Å².